The molecule has 0 aliphatic heterocycles. The molecule has 1 N–H and O–H groups in total. The number of fused-ring (bicyclic) bond motifs is 1. The molecule has 0 bridgehead atoms. The van der Waals surface area contributed by atoms with Gasteiger partial charge in [0.25, 0.3) is 0 Å². The van der Waals surface area contributed by atoms with E-state index in [1.165, 1.54) is 17.8 Å². The molecule has 94 valence electrons. The average molecular weight is 281 g/mol. The summed E-state index contributed by atoms with van der Waals surface area (Å²) in [5.41, 5.74) is 1.80. The molecule has 0 saturated heterocycles. The number of carbonyl (C=O) groups is 1. The second kappa shape index (κ2) is 4.52. The highest BCUT2D eigenvalue weighted by Crippen LogP contribution is 2.43. The number of benzene rings is 1. The summed E-state index contributed by atoms with van der Waals surface area (Å²) in [6.45, 7) is 1.66. The molecule has 1 atom stereocenters. The number of rotatable bonds is 3. The van der Waals surface area contributed by atoms with Crippen LogP contribution in [0.5, 0.6) is 0 Å². The topological polar surface area (TPSA) is 42.0 Å². The van der Waals surface area contributed by atoms with Crippen LogP contribution in [-0.4, -0.2) is 16.3 Å². The van der Waals surface area contributed by atoms with E-state index in [4.69, 9.17) is 11.6 Å². The lowest BCUT2D eigenvalue weighted by Gasteiger charge is -2.05. The molecular weight excluding hydrogens is 268 g/mol. The molecule has 1 aromatic heterocycles. The van der Waals surface area contributed by atoms with Crippen LogP contribution in [0.25, 0.3) is 10.2 Å². The predicted molar refractivity (Wildman–Crippen MR) is 75.5 cm³/mol. The fourth-order valence-corrected chi connectivity index (χ4v) is 3.00. The van der Waals surface area contributed by atoms with Crippen molar-refractivity contribution in [2.75, 3.05) is 5.32 Å². The van der Waals surface area contributed by atoms with Crippen molar-refractivity contribution in [2.45, 2.75) is 31.1 Å². The zero-order valence-electron chi connectivity index (χ0n) is 9.94. The molecule has 5 heteroatoms. The summed E-state index contributed by atoms with van der Waals surface area (Å²) in [4.78, 5) is 16.1. The second-order valence-corrected chi connectivity index (χ2v) is 6.33. The molecule has 0 radical (unpaired) electrons. The van der Waals surface area contributed by atoms with E-state index in [2.05, 4.69) is 10.3 Å². The van der Waals surface area contributed by atoms with Crippen molar-refractivity contribution in [1.29, 1.82) is 0 Å². The Hall–Kier alpha value is -1.13. The number of amides is 1. The molecule has 1 amide bonds. The van der Waals surface area contributed by atoms with E-state index < -0.39 is 5.38 Å². The fraction of sp³-hybridized carbons (Fsp3) is 0.385. The summed E-state index contributed by atoms with van der Waals surface area (Å²) in [5, 5.41) is 3.49. The monoisotopic (exact) mass is 280 g/mol. The highest BCUT2D eigenvalue weighted by atomic mass is 35.5. The van der Waals surface area contributed by atoms with Gasteiger partial charge in [-0.1, -0.05) is 0 Å². The first-order chi connectivity index (χ1) is 8.63. The van der Waals surface area contributed by atoms with Crippen LogP contribution in [0.3, 0.4) is 0 Å². The van der Waals surface area contributed by atoms with Crippen molar-refractivity contribution in [3.8, 4) is 0 Å². The van der Waals surface area contributed by atoms with E-state index in [-0.39, 0.29) is 5.91 Å². The van der Waals surface area contributed by atoms with Gasteiger partial charge in [0.15, 0.2) is 0 Å². The lowest BCUT2D eigenvalue weighted by atomic mass is 10.3. The Balaban J connectivity index is 1.88. The minimum Gasteiger partial charge on any atom is -0.325 e. The molecule has 2 aromatic rings. The molecule has 3 rings (SSSR count). The lowest BCUT2D eigenvalue weighted by molar-refractivity contribution is -0.115. The van der Waals surface area contributed by atoms with Gasteiger partial charge in [-0.25, -0.2) is 4.98 Å². The molecule has 1 aliphatic carbocycles. The van der Waals surface area contributed by atoms with Crippen molar-refractivity contribution < 1.29 is 4.79 Å². The minimum absolute atomic E-state index is 0.178. The Morgan fingerprint density at radius 2 is 2.33 bits per heavy atom. The van der Waals surface area contributed by atoms with Gasteiger partial charge in [0.1, 0.15) is 5.38 Å². The third-order valence-corrected chi connectivity index (χ3v) is 4.34. The summed E-state index contributed by atoms with van der Waals surface area (Å²) < 4.78 is 1.12. The Kier molecular flexibility index (Phi) is 2.99. The van der Waals surface area contributed by atoms with Gasteiger partial charge in [-0.15, -0.1) is 22.9 Å². The third-order valence-electron chi connectivity index (χ3n) is 2.96. The van der Waals surface area contributed by atoms with Gasteiger partial charge in [0.05, 0.1) is 15.2 Å². The molecule has 0 spiro atoms. The maximum absolute atomic E-state index is 11.5. The first kappa shape index (κ1) is 11.9. The molecular formula is C13H13ClN2OS. The largest absolute Gasteiger partial charge is 0.325 e. The molecule has 3 nitrogen and oxygen atoms in total. The molecule has 1 fully saturated rings. The number of halogens is 1. The lowest BCUT2D eigenvalue weighted by Crippen LogP contribution is -2.20. The van der Waals surface area contributed by atoms with Crippen LogP contribution in [0.2, 0.25) is 0 Å². The van der Waals surface area contributed by atoms with Crippen molar-refractivity contribution in [1.82, 2.24) is 4.98 Å². The minimum atomic E-state index is -0.524. The Labute approximate surface area is 114 Å². The SMILES string of the molecule is CC(Cl)C(=O)Nc1ccc2nc(C3CC3)sc2c1. The van der Waals surface area contributed by atoms with E-state index in [0.717, 1.165) is 15.9 Å². The zero-order chi connectivity index (χ0) is 12.7. The summed E-state index contributed by atoms with van der Waals surface area (Å²) in [6.07, 6.45) is 2.51. The van der Waals surface area contributed by atoms with Crippen LogP contribution in [0.4, 0.5) is 5.69 Å². The van der Waals surface area contributed by atoms with E-state index in [0.29, 0.717) is 5.92 Å². The van der Waals surface area contributed by atoms with Crippen LogP contribution in [-0.2, 0) is 4.79 Å². The van der Waals surface area contributed by atoms with Gasteiger partial charge < -0.3 is 5.32 Å². The fourth-order valence-electron chi connectivity index (χ4n) is 1.77. The standard InChI is InChI=1S/C13H13ClN2OS/c1-7(14)12(17)15-9-4-5-10-11(6-9)18-13(16-10)8-2-3-8/h4-8H,2-3H2,1H3,(H,15,17). The van der Waals surface area contributed by atoms with Gasteiger partial charge in [0, 0.05) is 11.6 Å². The van der Waals surface area contributed by atoms with Gasteiger partial charge >= 0.3 is 0 Å². The van der Waals surface area contributed by atoms with E-state index in [9.17, 15) is 4.79 Å². The van der Waals surface area contributed by atoms with Gasteiger partial charge in [-0.05, 0) is 38.0 Å². The number of hydrogen-bond donors (Lipinski definition) is 1. The number of carbonyl (C=O) groups excluding carboxylic acids is 1. The number of hydrogen-bond acceptors (Lipinski definition) is 3. The van der Waals surface area contributed by atoms with E-state index in [1.807, 2.05) is 18.2 Å². The molecule has 1 saturated carbocycles. The number of alkyl halides is 1. The number of thiazole rings is 1. The summed E-state index contributed by atoms with van der Waals surface area (Å²) in [7, 11) is 0. The molecule has 1 aromatic carbocycles. The van der Waals surface area contributed by atoms with Crippen molar-refractivity contribution in [3.05, 3.63) is 23.2 Å². The summed E-state index contributed by atoms with van der Waals surface area (Å²) in [6, 6.07) is 5.79. The first-order valence-corrected chi connectivity index (χ1v) is 7.24. The Morgan fingerprint density at radius 3 is 3.00 bits per heavy atom. The van der Waals surface area contributed by atoms with Crippen LogP contribution in [0.1, 0.15) is 30.7 Å². The normalized spacial score (nSPS) is 16.8. The smallest absolute Gasteiger partial charge is 0.242 e. The summed E-state index contributed by atoms with van der Waals surface area (Å²) in [5.74, 6) is 0.492. The van der Waals surface area contributed by atoms with Gasteiger partial charge in [-0.3, -0.25) is 4.79 Å². The number of aromatic nitrogens is 1. The Morgan fingerprint density at radius 1 is 1.56 bits per heavy atom. The third kappa shape index (κ3) is 2.35. The average Bonchev–Trinajstić information content (AvgIpc) is 3.09. The molecule has 18 heavy (non-hydrogen) atoms. The highest BCUT2D eigenvalue weighted by Gasteiger charge is 2.27. The molecule has 1 unspecified atom stereocenters. The van der Waals surface area contributed by atoms with Gasteiger partial charge in [0.2, 0.25) is 5.91 Å². The van der Waals surface area contributed by atoms with Crippen molar-refractivity contribution >= 4 is 44.7 Å². The quantitative estimate of drug-likeness (QED) is 0.870. The van der Waals surface area contributed by atoms with Crippen LogP contribution < -0.4 is 5.32 Å². The zero-order valence-corrected chi connectivity index (χ0v) is 11.5. The Bertz CT molecular complexity index is 604. The first-order valence-electron chi connectivity index (χ1n) is 5.99. The van der Waals surface area contributed by atoms with E-state index >= 15 is 0 Å². The number of nitrogens with one attached hydrogen (secondary N) is 1. The maximum atomic E-state index is 11.5. The maximum Gasteiger partial charge on any atom is 0.242 e. The summed E-state index contributed by atoms with van der Waals surface area (Å²) >= 11 is 7.45. The van der Waals surface area contributed by atoms with Crippen LogP contribution in [0, 0.1) is 0 Å². The highest BCUT2D eigenvalue weighted by molar-refractivity contribution is 7.18. The van der Waals surface area contributed by atoms with Crippen molar-refractivity contribution in [3.63, 3.8) is 0 Å². The molecule has 1 aliphatic rings. The van der Waals surface area contributed by atoms with Gasteiger partial charge in [-0.2, -0.15) is 0 Å². The second-order valence-electron chi connectivity index (χ2n) is 4.61. The number of nitrogens with zero attached hydrogens (tertiary/aromatic N) is 1. The van der Waals surface area contributed by atoms with Crippen LogP contribution >= 0.6 is 22.9 Å². The van der Waals surface area contributed by atoms with E-state index in [1.54, 1.807) is 18.3 Å². The predicted octanol–water partition coefficient (Wildman–Crippen LogP) is 3.74. The van der Waals surface area contributed by atoms with Crippen LogP contribution in [0.15, 0.2) is 18.2 Å². The van der Waals surface area contributed by atoms with Crippen molar-refractivity contribution in [2.24, 2.45) is 0 Å². The molecule has 1 heterocycles. The number of anilines is 1.